The Hall–Kier alpha value is -2.23. The Bertz CT molecular complexity index is 1100. The predicted molar refractivity (Wildman–Crippen MR) is 103 cm³/mol. The molecule has 142 valence electrons. The van der Waals surface area contributed by atoms with Gasteiger partial charge in [0.05, 0.1) is 26.9 Å². The number of benzene rings is 1. The van der Waals surface area contributed by atoms with E-state index in [1.807, 2.05) is 0 Å². The first-order valence-corrected chi connectivity index (χ1v) is 10.7. The van der Waals surface area contributed by atoms with Crippen LogP contribution in [0.3, 0.4) is 0 Å². The molecule has 2 aromatic heterocycles. The second-order valence-electron chi connectivity index (χ2n) is 5.42. The Balaban J connectivity index is 1.98. The summed E-state index contributed by atoms with van der Waals surface area (Å²) in [4.78, 5) is 16.4. The van der Waals surface area contributed by atoms with Crippen LogP contribution in [-0.2, 0) is 14.6 Å². The minimum absolute atomic E-state index is 0.0383. The molecule has 0 fully saturated rings. The molecule has 0 spiro atoms. The van der Waals surface area contributed by atoms with Gasteiger partial charge in [-0.15, -0.1) is 11.3 Å². The number of fused-ring (bicyclic) bond motifs is 1. The van der Waals surface area contributed by atoms with E-state index in [1.165, 1.54) is 29.7 Å². The van der Waals surface area contributed by atoms with Gasteiger partial charge in [0, 0.05) is 11.6 Å². The fourth-order valence-electron chi connectivity index (χ4n) is 2.38. The van der Waals surface area contributed by atoms with Crippen LogP contribution in [0.5, 0.6) is 0 Å². The predicted octanol–water partition coefficient (Wildman–Crippen LogP) is 4.11. The van der Waals surface area contributed by atoms with E-state index in [2.05, 4.69) is 10.3 Å². The van der Waals surface area contributed by atoms with Gasteiger partial charge in [0.1, 0.15) is 22.8 Å². The average molecular weight is 429 g/mol. The minimum Gasteiger partial charge on any atom is -0.462 e. The molecule has 27 heavy (non-hydrogen) atoms. The monoisotopic (exact) mass is 428 g/mol. The molecule has 0 unspecified atom stereocenters. The van der Waals surface area contributed by atoms with Crippen molar-refractivity contribution in [3.63, 3.8) is 0 Å². The van der Waals surface area contributed by atoms with E-state index < -0.39 is 27.5 Å². The summed E-state index contributed by atoms with van der Waals surface area (Å²) in [5.74, 6) is -1.66. The molecule has 0 aliphatic rings. The van der Waals surface area contributed by atoms with Crippen LogP contribution in [0.25, 0.3) is 10.2 Å². The van der Waals surface area contributed by atoms with Crippen LogP contribution < -0.4 is 5.32 Å². The van der Waals surface area contributed by atoms with Gasteiger partial charge in [-0.25, -0.2) is 17.6 Å². The van der Waals surface area contributed by atoms with Crippen molar-refractivity contribution in [3.8, 4) is 0 Å². The zero-order valence-corrected chi connectivity index (χ0v) is 16.4. The van der Waals surface area contributed by atoms with Crippen LogP contribution >= 0.6 is 22.9 Å². The van der Waals surface area contributed by atoms with Crippen LogP contribution in [0.4, 0.5) is 10.1 Å². The molecule has 0 aliphatic carbocycles. The number of pyridine rings is 1. The van der Waals surface area contributed by atoms with E-state index in [9.17, 15) is 17.6 Å². The number of halogens is 2. The summed E-state index contributed by atoms with van der Waals surface area (Å²) in [6, 6.07) is 4.51. The molecule has 6 nitrogen and oxygen atoms in total. The number of carbonyl (C=O) groups is 1. The van der Waals surface area contributed by atoms with Crippen LogP contribution in [-0.4, -0.2) is 31.9 Å². The first-order valence-electron chi connectivity index (χ1n) is 7.78. The minimum atomic E-state index is -3.77. The average Bonchev–Trinajstić information content (AvgIpc) is 3.01. The van der Waals surface area contributed by atoms with E-state index in [-0.39, 0.29) is 22.8 Å². The van der Waals surface area contributed by atoms with Crippen molar-refractivity contribution in [1.29, 1.82) is 0 Å². The number of sulfone groups is 1. The molecule has 3 rings (SSSR count). The molecule has 0 radical (unpaired) electrons. The maximum absolute atomic E-state index is 13.0. The maximum Gasteiger partial charge on any atom is 0.341 e. The summed E-state index contributed by atoms with van der Waals surface area (Å²) in [6.07, 6.45) is 1.30. The molecule has 1 aromatic carbocycles. The number of ether oxygens (including phenoxy) is 1. The van der Waals surface area contributed by atoms with Crippen molar-refractivity contribution in [2.24, 2.45) is 0 Å². The van der Waals surface area contributed by atoms with Crippen molar-refractivity contribution < 1.29 is 22.3 Å². The van der Waals surface area contributed by atoms with E-state index in [0.717, 1.165) is 12.1 Å². The van der Waals surface area contributed by atoms with Gasteiger partial charge in [-0.3, -0.25) is 4.98 Å². The van der Waals surface area contributed by atoms with E-state index >= 15 is 0 Å². The number of hydrogen-bond donors (Lipinski definition) is 1. The summed E-state index contributed by atoms with van der Waals surface area (Å²) in [5, 5.41) is 4.84. The standard InChI is InChI=1S/C17H14ClFN2O4S2/c1-2-25-17(22)12-7-20-15-13(18)8-26-16(15)14(12)21-9-27(23,24)11-5-3-10(19)4-6-11/h3-8H,2,9H2,1H3,(H,20,21). The Morgan fingerprint density at radius 2 is 2.04 bits per heavy atom. The van der Waals surface area contributed by atoms with Gasteiger partial charge in [0.15, 0.2) is 9.84 Å². The highest BCUT2D eigenvalue weighted by Gasteiger charge is 2.22. The van der Waals surface area contributed by atoms with Crippen molar-refractivity contribution in [3.05, 3.63) is 52.2 Å². The molecule has 0 saturated heterocycles. The Morgan fingerprint density at radius 3 is 2.70 bits per heavy atom. The lowest BCUT2D eigenvalue weighted by atomic mass is 10.2. The molecule has 0 atom stereocenters. The zero-order chi connectivity index (χ0) is 19.6. The second kappa shape index (κ2) is 7.79. The topological polar surface area (TPSA) is 85.4 Å². The van der Waals surface area contributed by atoms with E-state index in [1.54, 1.807) is 12.3 Å². The third kappa shape index (κ3) is 4.05. The summed E-state index contributed by atoms with van der Waals surface area (Å²) >= 11 is 7.32. The fourth-order valence-corrected chi connectivity index (χ4v) is 4.67. The highest BCUT2D eigenvalue weighted by atomic mass is 35.5. The number of esters is 1. The molecule has 0 saturated carbocycles. The molecular weight excluding hydrogens is 415 g/mol. The largest absolute Gasteiger partial charge is 0.462 e. The smallest absolute Gasteiger partial charge is 0.341 e. The van der Waals surface area contributed by atoms with Gasteiger partial charge >= 0.3 is 5.97 Å². The molecule has 3 aromatic rings. The lowest BCUT2D eigenvalue weighted by molar-refractivity contribution is 0.0527. The quantitative estimate of drug-likeness (QED) is 0.469. The Kier molecular flexibility index (Phi) is 5.64. The second-order valence-corrected chi connectivity index (χ2v) is 8.69. The lowest BCUT2D eigenvalue weighted by Crippen LogP contribution is -2.17. The SMILES string of the molecule is CCOC(=O)c1cnc2c(Cl)csc2c1NCS(=O)(=O)c1ccc(F)cc1. The molecule has 0 aliphatic heterocycles. The molecule has 1 N–H and O–H groups in total. The van der Waals surface area contributed by atoms with Gasteiger partial charge in [-0.05, 0) is 31.2 Å². The fraction of sp³-hybridized carbons (Fsp3) is 0.176. The highest BCUT2D eigenvalue weighted by molar-refractivity contribution is 7.91. The molecule has 0 bridgehead atoms. The normalized spacial score (nSPS) is 11.5. The van der Waals surface area contributed by atoms with E-state index in [4.69, 9.17) is 16.3 Å². The van der Waals surface area contributed by atoms with Gasteiger partial charge in [0.25, 0.3) is 0 Å². The van der Waals surface area contributed by atoms with Crippen LogP contribution in [0.1, 0.15) is 17.3 Å². The van der Waals surface area contributed by atoms with Gasteiger partial charge in [-0.2, -0.15) is 0 Å². The van der Waals surface area contributed by atoms with Crippen molar-refractivity contribution >= 4 is 54.6 Å². The van der Waals surface area contributed by atoms with Crippen molar-refractivity contribution in [2.75, 3.05) is 17.8 Å². The molecular formula is C17H14ClFN2O4S2. The highest BCUT2D eigenvalue weighted by Crippen LogP contribution is 2.36. The van der Waals surface area contributed by atoms with Gasteiger partial charge in [-0.1, -0.05) is 11.6 Å². The van der Waals surface area contributed by atoms with Crippen LogP contribution in [0, 0.1) is 5.82 Å². The Morgan fingerprint density at radius 1 is 1.33 bits per heavy atom. The van der Waals surface area contributed by atoms with E-state index in [0.29, 0.717) is 15.2 Å². The number of thiophene rings is 1. The summed E-state index contributed by atoms with van der Waals surface area (Å²) in [7, 11) is -3.77. The first-order chi connectivity index (χ1) is 12.8. The molecule has 10 heteroatoms. The van der Waals surface area contributed by atoms with Gasteiger partial charge < -0.3 is 10.1 Å². The zero-order valence-electron chi connectivity index (χ0n) is 14.0. The van der Waals surface area contributed by atoms with Crippen LogP contribution in [0.15, 0.2) is 40.7 Å². The number of hydrogen-bond acceptors (Lipinski definition) is 7. The summed E-state index contributed by atoms with van der Waals surface area (Å²) in [5.41, 5.74) is 0.842. The van der Waals surface area contributed by atoms with Gasteiger partial charge in [0.2, 0.25) is 0 Å². The molecule has 2 heterocycles. The number of carbonyl (C=O) groups excluding carboxylic acids is 1. The third-order valence-corrected chi connectivity index (χ3v) is 6.57. The number of rotatable bonds is 6. The Labute approximate surface area is 163 Å². The number of aromatic nitrogens is 1. The van der Waals surface area contributed by atoms with Crippen LogP contribution in [0.2, 0.25) is 5.02 Å². The van der Waals surface area contributed by atoms with Crippen molar-refractivity contribution in [2.45, 2.75) is 11.8 Å². The number of anilines is 1. The molecule has 0 amide bonds. The maximum atomic E-state index is 13.0. The third-order valence-electron chi connectivity index (χ3n) is 3.65. The van der Waals surface area contributed by atoms with Crippen molar-refractivity contribution in [1.82, 2.24) is 4.98 Å². The lowest BCUT2D eigenvalue weighted by Gasteiger charge is -2.13. The first kappa shape index (κ1) is 19.5. The number of nitrogens with one attached hydrogen (secondary N) is 1. The summed E-state index contributed by atoms with van der Waals surface area (Å²) < 4.78 is 43.6. The summed E-state index contributed by atoms with van der Waals surface area (Å²) in [6.45, 7) is 1.83. The number of nitrogens with zero attached hydrogens (tertiary/aromatic N) is 1.